The van der Waals surface area contributed by atoms with Gasteiger partial charge < -0.3 is 5.11 Å². The molecule has 0 spiro atoms. The predicted molar refractivity (Wildman–Crippen MR) is 85.4 cm³/mol. The van der Waals surface area contributed by atoms with Crippen LogP contribution in [0.2, 0.25) is 0 Å². The Bertz CT molecular complexity index is 472. The van der Waals surface area contributed by atoms with Crippen LogP contribution in [-0.4, -0.2) is 29.1 Å². The molecule has 1 aromatic carbocycles. The van der Waals surface area contributed by atoms with Gasteiger partial charge in [0.25, 0.3) is 0 Å². The maximum Gasteiger partial charge on any atom is 0.307 e. The summed E-state index contributed by atoms with van der Waals surface area (Å²) in [4.78, 5) is 13.7. The second kappa shape index (κ2) is 7.60. The molecule has 0 radical (unpaired) electrons. The fourth-order valence-corrected chi connectivity index (χ4v) is 3.33. The van der Waals surface area contributed by atoms with Crippen molar-refractivity contribution in [1.82, 2.24) is 4.90 Å². The molecule has 3 heteroatoms. The van der Waals surface area contributed by atoms with Crippen molar-refractivity contribution in [3.05, 3.63) is 35.4 Å². The minimum absolute atomic E-state index is 0.201. The molecule has 21 heavy (non-hydrogen) atoms. The van der Waals surface area contributed by atoms with Crippen LogP contribution in [0.15, 0.2) is 24.3 Å². The fourth-order valence-electron chi connectivity index (χ4n) is 3.33. The minimum atomic E-state index is -0.641. The minimum Gasteiger partial charge on any atom is -0.481 e. The van der Waals surface area contributed by atoms with E-state index in [4.69, 9.17) is 0 Å². The zero-order valence-electron chi connectivity index (χ0n) is 13.2. The Kier molecular flexibility index (Phi) is 5.80. The van der Waals surface area contributed by atoms with Gasteiger partial charge >= 0.3 is 5.97 Å². The molecule has 1 aromatic rings. The van der Waals surface area contributed by atoms with E-state index in [1.807, 2.05) is 0 Å². The topological polar surface area (TPSA) is 40.5 Å². The summed E-state index contributed by atoms with van der Waals surface area (Å²) in [6.07, 6.45) is 5.29. The summed E-state index contributed by atoms with van der Waals surface area (Å²) >= 11 is 0. The number of rotatable bonds is 6. The molecule has 116 valence electrons. The first-order valence-corrected chi connectivity index (χ1v) is 8.15. The summed E-state index contributed by atoms with van der Waals surface area (Å²) in [5.41, 5.74) is 2.62. The van der Waals surface area contributed by atoms with Crippen LogP contribution in [0.3, 0.4) is 0 Å². The Hall–Kier alpha value is -1.35. The van der Waals surface area contributed by atoms with Crippen LogP contribution < -0.4 is 0 Å². The lowest BCUT2D eigenvalue weighted by molar-refractivity contribution is -0.144. The molecule has 0 bridgehead atoms. The summed E-state index contributed by atoms with van der Waals surface area (Å²) in [7, 11) is 0. The lowest BCUT2D eigenvalue weighted by Crippen LogP contribution is -2.41. The third kappa shape index (κ3) is 4.31. The van der Waals surface area contributed by atoms with Crippen molar-refractivity contribution in [2.75, 3.05) is 13.1 Å². The Morgan fingerprint density at radius 1 is 1.48 bits per heavy atom. The van der Waals surface area contributed by atoms with Crippen molar-refractivity contribution in [3.8, 4) is 0 Å². The lowest BCUT2D eigenvalue weighted by atomic mass is 9.92. The number of aliphatic carboxylic acids is 1. The number of nitrogens with zero attached hydrogens (tertiary/aromatic N) is 1. The fraction of sp³-hybridized carbons (Fsp3) is 0.611. The molecule has 2 unspecified atom stereocenters. The standard InChI is InChI=1S/C18H27NO2/c1-3-4-10-17(15-8-5-7-14(2)12-15)19-11-6-9-16(13-19)18(20)21/h5,7-8,12,16-17H,3-4,6,9-11,13H2,1-2H3,(H,20,21). The molecular weight excluding hydrogens is 262 g/mol. The highest BCUT2D eigenvalue weighted by Crippen LogP contribution is 2.31. The molecule has 1 fully saturated rings. The highest BCUT2D eigenvalue weighted by atomic mass is 16.4. The summed E-state index contributed by atoms with van der Waals surface area (Å²) in [5, 5.41) is 9.30. The Morgan fingerprint density at radius 2 is 2.29 bits per heavy atom. The van der Waals surface area contributed by atoms with Gasteiger partial charge in [0.15, 0.2) is 0 Å². The first-order valence-electron chi connectivity index (χ1n) is 8.15. The van der Waals surface area contributed by atoms with Crippen LogP contribution in [0.1, 0.15) is 56.2 Å². The first kappa shape index (κ1) is 16.0. The highest BCUT2D eigenvalue weighted by Gasteiger charge is 2.30. The van der Waals surface area contributed by atoms with Gasteiger partial charge in [-0.2, -0.15) is 0 Å². The van der Waals surface area contributed by atoms with E-state index in [2.05, 4.69) is 43.0 Å². The lowest BCUT2D eigenvalue weighted by Gasteiger charge is -2.37. The van der Waals surface area contributed by atoms with Crippen molar-refractivity contribution in [1.29, 1.82) is 0 Å². The van der Waals surface area contributed by atoms with E-state index in [1.165, 1.54) is 24.0 Å². The molecule has 0 amide bonds. The molecule has 3 nitrogen and oxygen atoms in total. The van der Waals surface area contributed by atoms with Crippen LogP contribution >= 0.6 is 0 Å². The van der Waals surface area contributed by atoms with Gasteiger partial charge in [0.2, 0.25) is 0 Å². The average Bonchev–Trinajstić information content (AvgIpc) is 2.48. The van der Waals surface area contributed by atoms with Crippen molar-refractivity contribution < 1.29 is 9.90 Å². The summed E-state index contributed by atoms with van der Waals surface area (Å²) < 4.78 is 0. The van der Waals surface area contributed by atoms with Crippen molar-refractivity contribution >= 4 is 5.97 Å². The molecule has 0 aliphatic carbocycles. The van der Waals surface area contributed by atoms with Gasteiger partial charge in [0.1, 0.15) is 0 Å². The molecular formula is C18H27NO2. The highest BCUT2D eigenvalue weighted by molar-refractivity contribution is 5.70. The Balaban J connectivity index is 2.17. The maximum absolute atomic E-state index is 11.3. The normalized spacial score (nSPS) is 21.1. The third-order valence-corrected chi connectivity index (χ3v) is 4.50. The van der Waals surface area contributed by atoms with Gasteiger partial charge in [0.05, 0.1) is 5.92 Å². The van der Waals surface area contributed by atoms with Crippen LogP contribution in [0.25, 0.3) is 0 Å². The van der Waals surface area contributed by atoms with E-state index in [-0.39, 0.29) is 5.92 Å². The van der Waals surface area contributed by atoms with Gasteiger partial charge in [-0.05, 0) is 38.3 Å². The molecule has 1 N–H and O–H groups in total. The summed E-state index contributed by atoms with van der Waals surface area (Å²) in [5.74, 6) is -0.842. The molecule has 0 saturated carbocycles. The van der Waals surface area contributed by atoms with E-state index in [9.17, 15) is 9.90 Å². The van der Waals surface area contributed by atoms with Gasteiger partial charge in [-0.1, -0.05) is 49.6 Å². The zero-order valence-corrected chi connectivity index (χ0v) is 13.2. The second-order valence-electron chi connectivity index (χ2n) is 6.24. The second-order valence-corrected chi connectivity index (χ2v) is 6.24. The van der Waals surface area contributed by atoms with Crippen molar-refractivity contribution in [2.45, 2.75) is 52.0 Å². The van der Waals surface area contributed by atoms with Gasteiger partial charge in [-0.15, -0.1) is 0 Å². The van der Waals surface area contributed by atoms with Gasteiger partial charge in [0, 0.05) is 12.6 Å². The van der Waals surface area contributed by atoms with Crippen LogP contribution in [0.4, 0.5) is 0 Å². The number of benzene rings is 1. The predicted octanol–water partition coefficient (Wildman–Crippen LogP) is 4.02. The summed E-state index contributed by atoms with van der Waals surface area (Å²) in [6, 6.07) is 9.05. The van der Waals surface area contributed by atoms with E-state index < -0.39 is 5.97 Å². The summed E-state index contributed by atoms with van der Waals surface area (Å²) in [6.45, 7) is 6.05. The van der Waals surface area contributed by atoms with E-state index in [1.54, 1.807) is 0 Å². The number of likely N-dealkylation sites (tertiary alicyclic amines) is 1. The first-order chi connectivity index (χ1) is 10.1. The van der Waals surface area contributed by atoms with E-state index in [0.717, 1.165) is 25.8 Å². The zero-order chi connectivity index (χ0) is 15.2. The van der Waals surface area contributed by atoms with Crippen LogP contribution in [0, 0.1) is 12.8 Å². The molecule has 1 heterocycles. The molecule has 1 aliphatic rings. The van der Waals surface area contributed by atoms with Gasteiger partial charge in [-0.3, -0.25) is 9.69 Å². The van der Waals surface area contributed by atoms with Crippen molar-refractivity contribution in [3.63, 3.8) is 0 Å². The molecule has 1 aliphatic heterocycles. The number of carbonyl (C=O) groups is 1. The van der Waals surface area contributed by atoms with Gasteiger partial charge in [-0.25, -0.2) is 0 Å². The SMILES string of the molecule is CCCCC(c1cccc(C)c1)N1CCCC(C(=O)O)C1. The van der Waals surface area contributed by atoms with Crippen LogP contribution in [-0.2, 0) is 4.79 Å². The maximum atomic E-state index is 11.3. The quantitative estimate of drug-likeness (QED) is 0.859. The van der Waals surface area contributed by atoms with Crippen molar-refractivity contribution in [2.24, 2.45) is 5.92 Å². The number of unbranched alkanes of at least 4 members (excludes halogenated alkanes) is 1. The van der Waals surface area contributed by atoms with E-state index >= 15 is 0 Å². The molecule has 2 rings (SSSR count). The monoisotopic (exact) mass is 289 g/mol. The number of carboxylic acids is 1. The number of hydrogen-bond donors (Lipinski definition) is 1. The Labute approximate surface area is 128 Å². The number of carboxylic acid groups (broad SMARTS) is 1. The number of hydrogen-bond acceptors (Lipinski definition) is 2. The van der Waals surface area contributed by atoms with E-state index in [0.29, 0.717) is 12.6 Å². The number of piperidine rings is 1. The Morgan fingerprint density at radius 3 is 2.95 bits per heavy atom. The molecule has 2 atom stereocenters. The largest absolute Gasteiger partial charge is 0.481 e. The smallest absolute Gasteiger partial charge is 0.307 e. The average molecular weight is 289 g/mol. The van der Waals surface area contributed by atoms with Crippen LogP contribution in [0.5, 0.6) is 0 Å². The molecule has 0 aromatic heterocycles. The third-order valence-electron chi connectivity index (χ3n) is 4.50. The number of aryl methyl sites for hydroxylation is 1. The molecule has 1 saturated heterocycles.